The number of amides is 2. The normalized spacial score (nSPS) is 15.8. The molecule has 0 saturated carbocycles. The fraction of sp³-hybridized carbons (Fsp3) is 0.143. The van der Waals surface area contributed by atoms with Crippen LogP contribution in [0.3, 0.4) is 0 Å². The molecular weight excluding hydrogens is 360 g/mol. The van der Waals surface area contributed by atoms with E-state index in [0.29, 0.717) is 28.2 Å². The standard InChI is InChI=1S/C21H16N2O5/c1-12-16(19(24)23(2)20(25)17(12)11-22)10-13-8-9-18(28-13)14-6-4-5-7-15(14)21(26)27-3/h4-10H,1-3H3. The number of imide groups is 1. The smallest absolute Gasteiger partial charge is 0.338 e. The zero-order valence-corrected chi connectivity index (χ0v) is 15.5. The number of methoxy groups -OCH3 is 1. The molecule has 0 aliphatic carbocycles. The summed E-state index contributed by atoms with van der Waals surface area (Å²) < 4.78 is 10.6. The summed E-state index contributed by atoms with van der Waals surface area (Å²) in [4.78, 5) is 37.3. The zero-order chi connectivity index (χ0) is 20.4. The van der Waals surface area contributed by atoms with Gasteiger partial charge < -0.3 is 9.15 Å². The van der Waals surface area contributed by atoms with Crippen molar-refractivity contribution in [2.75, 3.05) is 14.2 Å². The Balaban J connectivity index is 2.06. The van der Waals surface area contributed by atoms with Gasteiger partial charge in [-0.25, -0.2) is 4.79 Å². The van der Waals surface area contributed by atoms with Gasteiger partial charge in [0, 0.05) is 18.2 Å². The number of furan rings is 1. The molecule has 0 N–H and O–H groups in total. The summed E-state index contributed by atoms with van der Waals surface area (Å²) in [6, 6.07) is 12.0. The first kappa shape index (κ1) is 18.9. The minimum absolute atomic E-state index is 0.0869. The average Bonchev–Trinajstić information content (AvgIpc) is 3.18. The van der Waals surface area contributed by atoms with Crippen molar-refractivity contribution in [2.24, 2.45) is 0 Å². The van der Waals surface area contributed by atoms with Crippen molar-refractivity contribution in [3.05, 3.63) is 64.4 Å². The van der Waals surface area contributed by atoms with E-state index < -0.39 is 17.8 Å². The number of benzene rings is 1. The first-order chi connectivity index (χ1) is 13.4. The zero-order valence-electron chi connectivity index (χ0n) is 15.5. The van der Waals surface area contributed by atoms with Crippen LogP contribution in [0.5, 0.6) is 0 Å². The Bertz CT molecular complexity index is 1100. The maximum atomic E-state index is 12.5. The van der Waals surface area contributed by atoms with Crippen molar-refractivity contribution in [3.8, 4) is 17.4 Å². The van der Waals surface area contributed by atoms with Gasteiger partial charge in [-0.3, -0.25) is 14.5 Å². The van der Waals surface area contributed by atoms with E-state index in [4.69, 9.17) is 9.15 Å². The van der Waals surface area contributed by atoms with Crippen molar-refractivity contribution >= 4 is 23.9 Å². The van der Waals surface area contributed by atoms with Crippen molar-refractivity contribution in [2.45, 2.75) is 6.92 Å². The van der Waals surface area contributed by atoms with Crippen molar-refractivity contribution < 1.29 is 23.5 Å². The quantitative estimate of drug-likeness (QED) is 0.464. The molecule has 0 unspecified atom stereocenters. The number of carbonyl (C=O) groups is 3. The Labute approximate surface area is 161 Å². The van der Waals surface area contributed by atoms with Crippen LogP contribution in [0.2, 0.25) is 0 Å². The van der Waals surface area contributed by atoms with E-state index in [9.17, 15) is 19.6 Å². The Morgan fingerprint density at radius 1 is 1.18 bits per heavy atom. The summed E-state index contributed by atoms with van der Waals surface area (Å²) in [6.07, 6.45) is 1.47. The van der Waals surface area contributed by atoms with Gasteiger partial charge in [-0.1, -0.05) is 18.2 Å². The molecule has 0 bridgehead atoms. The number of esters is 1. The lowest BCUT2D eigenvalue weighted by molar-refractivity contribution is -0.138. The van der Waals surface area contributed by atoms with Gasteiger partial charge in [-0.2, -0.15) is 5.26 Å². The van der Waals surface area contributed by atoms with Crippen LogP contribution in [0.1, 0.15) is 23.0 Å². The van der Waals surface area contributed by atoms with Gasteiger partial charge in [0.25, 0.3) is 11.8 Å². The third-order valence-electron chi connectivity index (χ3n) is 4.46. The van der Waals surface area contributed by atoms with Crippen LogP contribution >= 0.6 is 0 Å². The number of hydrogen-bond acceptors (Lipinski definition) is 6. The third kappa shape index (κ3) is 3.12. The van der Waals surface area contributed by atoms with Crippen LogP contribution in [-0.2, 0) is 14.3 Å². The van der Waals surface area contributed by atoms with Gasteiger partial charge in [0.2, 0.25) is 0 Å². The summed E-state index contributed by atoms with van der Waals surface area (Å²) in [5, 5.41) is 9.22. The van der Waals surface area contributed by atoms with Gasteiger partial charge >= 0.3 is 5.97 Å². The van der Waals surface area contributed by atoms with Gasteiger partial charge in [-0.05, 0) is 36.8 Å². The molecule has 140 valence electrons. The summed E-state index contributed by atoms with van der Waals surface area (Å²) >= 11 is 0. The first-order valence-electron chi connectivity index (χ1n) is 8.32. The summed E-state index contributed by atoms with van der Waals surface area (Å²) in [5.74, 6) is -0.879. The maximum Gasteiger partial charge on any atom is 0.338 e. The van der Waals surface area contributed by atoms with Crippen LogP contribution in [0.15, 0.2) is 57.5 Å². The molecule has 0 atom stereocenters. The molecule has 1 aromatic carbocycles. The van der Waals surface area contributed by atoms with Crippen molar-refractivity contribution in [1.82, 2.24) is 4.90 Å². The highest BCUT2D eigenvalue weighted by Crippen LogP contribution is 2.30. The minimum atomic E-state index is -0.630. The maximum absolute atomic E-state index is 12.5. The number of nitrogens with zero attached hydrogens (tertiary/aromatic N) is 2. The third-order valence-corrected chi connectivity index (χ3v) is 4.46. The van der Waals surface area contributed by atoms with Gasteiger partial charge in [0.1, 0.15) is 23.2 Å². The molecule has 7 heteroatoms. The Kier molecular flexibility index (Phi) is 4.96. The number of hydrogen-bond donors (Lipinski definition) is 0. The number of nitriles is 1. The SMILES string of the molecule is COC(=O)c1ccccc1-c1ccc(C=C2C(=O)N(C)C(=O)C(C#N)=C2C)o1. The van der Waals surface area contributed by atoms with E-state index in [0.717, 1.165) is 4.90 Å². The minimum Gasteiger partial charge on any atom is -0.465 e. The predicted molar refractivity (Wildman–Crippen MR) is 99.6 cm³/mol. The summed E-state index contributed by atoms with van der Waals surface area (Å²) in [5.41, 5.74) is 1.30. The lowest BCUT2D eigenvalue weighted by Gasteiger charge is -2.23. The number of carbonyl (C=O) groups excluding carboxylic acids is 3. The van der Waals surface area contributed by atoms with Crippen LogP contribution in [0.25, 0.3) is 17.4 Å². The van der Waals surface area contributed by atoms with E-state index in [-0.39, 0.29) is 11.1 Å². The molecule has 1 aromatic heterocycles. The molecule has 28 heavy (non-hydrogen) atoms. The lowest BCUT2D eigenvalue weighted by atomic mass is 9.95. The second-order valence-electron chi connectivity index (χ2n) is 6.08. The second kappa shape index (κ2) is 7.37. The summed E-state index contributed by atoms with van der Waals surface area (Å²) in [6.45, 7) is 1.55. The van der Waals surface area contributed by atoms with Gasteiger partial charge in [-0.15, -0.1) is 0 Å². The highest BCUT2D eigenvalue weighted by atomic mass is 16.5. The number of rotatable bonds is 3. The van der Waals surface area contributed by atoms with Crippen molar-refractivity contribution in [3.63, 3.8) is 0 Å². The molecule has 0 fully saturated rings. The molecule has 1 aliphatic rings. The number of ether oxygens (including phenoxy) is 1. The molecule has 0 radical (unpaired) electrons. The molecule has 1 aliphatic heterocycles. The molecular formula is C21H16N2O5. The average molecular weight is 376 g/mol. The van der Waals surface area contributed by atoms with Crippen LogP contribution in [-0.4, -0.2) is 36.8 Å². The van der Waals surface area contributed by atoms with E-state index in [1.54, 1.807) is 43.3 Å². The first-order valence-corrected chi connectivity index (χ1v) is 8.32. The molecule has 0 saturated heterocycles. The largest absolute Gasteiger partial charge is 0.465 e. The Hall–Kier alpha value is -3.92. The highest BCUT2D eigenvalue weighted by molar-refractivity contribution is 6.19. The van der Waals surface area contributed by atoms with Crippen molar-refractivity contribution in [1.29, 1.82) is 5.26 Å². The topological polar surface area (TPSA) is 101 Å². The van der Waals surface area contributed by atoms with E-state index in [2.05, 4.69) is 0 Å². The number of likely N-dealkylation sites (N-methyl/N-ethyl adjacent to an activating group) is 1. The Morgan fingerprint density at radius 2 is 1.89 bits per heavy atom. The Morgan fingerprint density at radius 3 is 2.57 bits per heavy atom. The van der Waals surface area contributed by atoms with Crippen LogP contribution in [0, 0.1) is 11.3 Å². The molecule has 2 amide bonds. The summed E-state index contributed by atoms with van der Waals surface area (Å²) in [7, 11) is 2.62. The molecule has 2 aromatic rings. The fourth-order valence-electron chi connectivity index (χ4n) is 2.90. The van der Waals surface area contributed by atoms with Gasteiger partial charge in [0.05, 0.1) is 12.7 Å². The van der Waals surface area contributed by atoms with E-state index >= 15 is 0 Å². The van der Waals surface area contributed by atoms with Crippen LogP contribution in [0.4, 0.5) is 0 Å². The van der Waals surface area contributed by atoms with E-state index in [1.165, 1.54) is 20.2 Å². The second-order valence-corrected chi connectivity index (χ2v) is 6.08. The van der Waals surface area contributed by atoms with Gasteiger partial charge in [0.15, 0.2) is 0 Å². The molecule has 0 spiro atoms. The molecule has 3 rings (SSSR count). The molecule has 7 nitrogen and oxygen atoms in total. The van der Waals surface area contributed by atoms with Crippen LogP contribution < -0.4 is 0 Å². The lowest BCUT2D eigenvalue weighted by Crippen LogP contribution is -2.39. The molecule has 2 heterocycles. The monoisotopic (exact) mass is 376 g/mol. The fourth-order valence-corrected chi connectivity index (χ4v) is 2.90. The van der Waals surface area contributed by atoms with E-state index in [1.807, 2.05) is 6.07 Å². The predicted octanol–water partition coefficient (Wildman–Crippen LogP) is 2.96. The highest BCUT2D eigenvalue weighted by Gasteiger charge is 2.33.